The van der Waals surface area contributed by atoms with Crippen molar-refractivity contribution in [1.82, 2.24) is 9.29 Å². The molecule has 4 rings (SSSR count). The lowest BCUT2D eigenvalue weighted by Gasteiger charge is -2.30. The lowest BCUT2D eigenvalue weighted by molar-refractivity contribution is -0.120. The van der Waals surface area contributed by atoms with Crippen LogP contribution in [0.5, 0.6) is 5.75 Å². The molecule has 1 aliphatic heterocycles. The summed E-state index contributed by atoms with van der Waals surface area (Å²) in [4.78, 5) is 17.4. The molecule has 2 aromatic heterocycles. The average Bonchev–Trinajstić information content (AvgIpc) is 3.47. The van der Waals surface area contributed by atoms with Crippen LogP contribution in [0.25, 0.3) is 11.3 Å². The molecular formula is C22H24ClN3O4S3. The number of rotatable bonds is 8. The van der Waals surface area contributed by atoms with Crippen molar-refractivity contribution in [3.05, 3.63) is 46.1 Å². The van der Waals surface area contributed by atoms with Crippen molar-refractivity contribution in [3.63, 3.8) is 0 Å². The lowest BCUT2D eigenvalue weighted by atomic mass is 9.99. The predicted molar refractivity (Wildman–Crippen MR) is 133 cm³/mol. The summed E-state index contributed by atoms with van der Waals surface area (Å²) in [5, 5.41) is 5.24. The van der Waals surface area contributed by atoms with E-state index >= 15 is 0 Å². The minimum atomic E-state index is -3.66. The molecule has 1 saturated heterocycles. The van der Waals surface area contributed by atoms with Gasteiger partial charge in [-0.15, -0.1) is 22.7 Å². The zero-order chi connectivity index (χ0) is 23.4. The smallest absolute Gasteiger partial charge is 0.252 e. The van der Waals surface area contributed by atoms with Crippen LogP contribution < -0.4 is 10.1 Å². The van der Waals surface area contributed by atoms with E-state index < -0.39 is 15.9 Å². The number of aromatic nitrogens is 1. The van der Waals surface area contributed by atoms with Gasteiger partial charge >= 0.3 is 0 Å². The number of nitrogens with zero attached hydrogens (tertiary/aromatic N) is 2. The van der Waals surface area contributed by atoms with Crippen molar-refractivity contribution in [2.75, 3.05) is 25.0 Å². The first kappa shape index (κ1) is 24.2. The highest BCUT2D eigenvalue weighted by Crippen LogP contribution is 2.31. The van der Waals surface area contributed by atoms with Gasteiger partial charge < -0.3 is 10.1 Å². The van der Waals surface area contributed by atoms with Crippen LogP contribution in [0.15, 0.2) is 46.0 Å². The topological polar surface area (TPSA) is 88.6 Å². The van der Waals surface area contributed by atoms with E-state index in [0.29, 0.717) is 35.5 Å². The molecule has 3 aromatic rings. The summed E-state index contributed by atoms with van der Waals surface area (Å²) in [5.41, 5.74) is 1.69. The number of thiophene rings is 1. The van der Waals surface area contributed by atoms with Crippen molar-refractivity contribution in [1.29, 1.82) is 0 Å². The fraction of sp³-hybridized carbons (Fsp3) is 0.364. The third kappa shape index (κ3) is 5.75. The molecule has 1 aromatic carbocycles. The van der Waals surface area contributed by atoms with Crippen molar-refractivity contribution in [3.8, 4) is 17.0 Å². The van der Waals surface area contributed by atoms with E-state index in [9.17, 15) is 13.2 Å². The van der Waals surface area contributed by atoms with Gasteiger partial charge in [-0.05, 0) is 55.7 Å². The Hall–Kier alpha value is -1.98. The number of hydrogen-bond donors (Lipinski definition) is 1. The van der Waals surface area contributed by atoms with Crippen molar-refractivity contribution in [2.24, 2.45) is 5.92 Å². The molecular weight excluding hydrogens is 502 g/mol. The summed E-state index contributed by atoms with van der Waals surface area (Å²) in [6, 6.07) is 10.8. The first-order chi connectivity index (χ1) is 15.9. The maximum absolute atomic E-state index is 12.9. The second kappa shape index (κ2) is 10.5. The lowest BCUT2D eigenvalue weighted by Crippen LogP contribution is -2.43. The number of benzene rings is 1. The normalized spacial score (nSPS) is 17.1. The Labute approximate surface area is 206 Å². The molecule has 176 valence electrons. The Kier molecular flexibility index (Phi) is 7.70. The first-order valence-corrected chi connectivity index (χ1v) is 14.1. The van der Waals surface area contributed by atoms with Crippen LogP contribution >= 0.6 is 34.3 Å². The van der Waals surface area contributed by atoms with Gasteiger partial charge in [0.1, 0.15) is 9.96 Å². The van der Waals surface area contributed by atoms with Crippen LogP contribution in [0.3, 0.4) is 0 Å². The minimum absolute atomic E-state index is 0.140. The summed E-state index contributed by atoms with van der Waals surface area (Å²) in [6.07, 6.45) is 2.19. The molecule has 1 N–H and O–H groups in total. The van der Waals surface area contributed by atoms with Gasteiger partial charge in [-0.1, -0.05) is 18.5 Å². The molecule has 33 heavy (non-hydrogen) atoms. The predicted octanol–water partition coefficient (Wildman–Crippen LogP) is 5.35. The molecule has 7 nitrogen and oxygen atoms in total. The number of sulfonamides is 1. The SMILES string of the molecule is CCCOc1ccc(-c2csc(NC(=O)C3CCCN(S(=O)(=O)c4ccc(Cl)s4)C3)n2)cc1. The van der Waals surface area contributed by atoms with Gasteiger partial charge in [0.05, 0.1) is 22.6 Å². The number of anilines is 1. The summed E-state index contributed by atoms with van der Waals surface area (Å²) in [5.74, 6) is 0.153. The first-order valence-electron chi connectivity index (χ1n) is 10.6. The molecule has 1 amide bonds. The summed E-state index contributed by atoms with van der Waals surface area (Å²) >= 11 is 8.27. The Morgan fingerprint density at radius 1 is 1.27 bits per heavy atom. The van der Waals surface area contributed by atoms with Crippen LogP contribution in [0.4, 0.5) is 5.13 Å². The van der Waals surface area contributed by atoms with Gasteiger partial charge in [0.25, 0.3) is 10.0 Å². The summed E-state index contributed by atoms with van der Waals surface area (Å²) in [6.45, 7) is 3.26. The zero-order valence-corrected chi connectivity index (χ0v) is 21.2. The fourth-order valence-corrected chi connectivity index (χ4v) is 7.43. The van der Waals surface area contributed by atoms with Gasteiger partial charge in [0.2, 0.25) is 5.91 Å². The summed E-state index contributed by atoms with van der Waals surface area (Å²) in [7, 11) is -3.66. The average molecular weight is 526 g/mol. The second-order valence-corrected chi connectivity index (χ2v) is 12.4. The highest BCUT2D eigenvalue weighted by Gasteiger charge is 2.34. The van der Waals surface area contributed by atoms with Crippen LogP contribution in [0, 0.1) is 5.92 Å². The third-order valence-electron chi connectivity index (χ3n) is 5.25. The quantitative estimate of drug-likeness (QED) is 0.428. The van der Waals surface area contributed by atoms with Crippen molar-refractivity contribution in [2.45, 2.75) is 30.4 Å². The van der Waals surface area contributed by atoms with Crippen LogP contribution in [0.1, 0.15) is 26.2 Å². The number of amides is 1. The number of carbonyl (C=O) groups excluding carboxylic acids is 1. The number of thiazole rings is 1. The third-order valence-corrected chi connectivity index (χ3v) is 9.58. The monoisotopic (exact) mass is 525 g/mol. The van der Waals surface area contributed by atoms with Gasteiger partial charge in [-0.25, -0.2) is 13.4 Å². The zero-order valence-electron chi connectivity index (χ0n) is 18.0. The Morgan fingerprint density at radius 3 is 2.76 bits per heavy atom. The van der Waals surface area contributed by atoms with Crippen LogP contribution in [-0.2, 0) is 14.8 Å². The second-order valence-electron chi connectivity index (χ2n) is 7.66. The van der Waals surface area contributed by atoms with E-state index in [2.05, 4.69) is 17.2 Å². The maximum atomic E-state index is 12.9. The highest BCUT2D eigenvalue weighted by atomic mass is 35.5. The molecule has 0 saturated carbocycles. The molecule has 1 atom stereocenters. The molecule has 1 aliphatic rings. The standard InChI is InChI=1S/C22H24ClN3O4S3/c1-2-12-30-17-7-5-15(6-8-17)18-14-31-22(24-18)25-21(27)16-4-3-11-26(13-16)33(28,29)20-10-9-19(23)32-20/h5-10,14,16H,2-4,11-13H2,1H3,(H,24,25,27). The van der Waals surface area contributed by atoms with Crippen molar-refractivity contribution >= 4 is 55.3 Å². The van der Waals surface area contributed by atoms with Crippen LogP contribution in [-0.4, -0.2) is 43.3 Å². The van der Waals surface area contributed by atoms with E-state index in [1.807, 2.05) is 29.6 Å². The minimum Gasteiger partial charge on any atom is -0.494 e. The number of hydrogen-bond acceptors (Lipinski definition) is 7. The number of nitrogens with one attached hydrogen (secondary N) is 1. The van der Waals surface area contributed by atoms with E-state index in [1.54, 1.807) is 6.07 Å². The van der Waals surface area contributed by atoms with Crippen LogP contribution in [0.2, 0.25) is 4.34 Å². The van der Waals surface area contributed by atoms with E-state index in [1.165, 1.54) is 21.7 Å². The number of halogens is 1. The molecule has 0 aliphatic carbocycles. The number of ether oxygens (including phenoxy) is 1. The molecule has 1 unspecified atom stereocenters. The van der Waals surface area contributed by atoms with Crippen molar-refractivity contribution < 1.29 is 17.9 Å². The molecule has 3 heterocycles. The van der Waals surface area contributed by atoms with Gasteiger partial charge in [0, 0.05) is 24.0 Å². The number of carbonyl (C=O) groups is 1. The maximum Gasteiger partial charge on any atom is 0.252 e. The van der Waals surface area contributed by atoms with Gasteiger partial charge in [-0.2, -0.15) is 4.31 Å². The highest BCUT2D eigenvalue weighted by molar-refractivity contribution is 7.91. The van der Waals surface area contributed by atoms with E-state index in [4.69, 9.17) is 16.3 Å². The number of piperidine rings is 1. The molecule has 11 heteroatoms. The Balaban J connectivity index is 1.39. The molecule has 0 bridgehead atoms. The van der Waals surface area contributed by atoms with Gasteiger partial charge in [0.15, 0.2) is 5.13 Å². The molecule has 0 spiro atoms. The van der Waals surface area contributed by atoms with E-state index in [-0.39, 0.29) is 16.7 Å². The largest absolute Gasteiger partial charge is 0.494 e. The summed E-state index contributed by atoms with van der Waals surface area (Å²) < 4.78 is 33.4. The van der Waals surface area contributed by atoms with E-state index in [0.717, 1.165) is 34.8 Å². The Bertz CT molecular complexity index is 1210. The molecule has 0 radical (unpaired) electrons. The Morgan fingerprint density at radius 2 is 2.06 bits per heavy atom. The molecule has 1 fully saturated rings. The van der Waals surface area contributed by atoms with Gasteiger partial charge in [-0.3, -0.25) is 4.79 Å². The fourth-order valence-electron chi connectivity index (χ4n) is 3.55.